The summed E-state index contributed by atoms with van der Waals surface area (Å²) >= 11 is 0. The maximum atomic E-state index is 14.1. The second-order valence-corrected chi connectivity index (χ2v) is 6.72. The summed E-state index contributed by atoms with van der Waals surface area (Å²) in [7, 11) is 2.92. The quantitative estimate of drug-likeness (QED) is 0.669. The molecule has 0 saturated carbocycles. The molecule has 0 spiro atoms. The predicted octanol–water partition coefficient (Wildman–Crippen LogP) is 2.01. The molecule has 3 aromatic rings. The van der Waals surface area contributed by atoms with E-state index in [1.54, 1.807) is 13.0 Å². The summed E-state index contributed by atoms with van der Waals surface area (Å²) in [6.07, 6.45) is 1.81. The van der Waals surface area contributed by atoms with Crippen LogP contribution in [-0.4, -0.2) is 40.1 Å². The Morgan fingerprint density at radius 3 is 2.73 bits per heavy atom. The van der Waals surface area contributed by atoms with Crippen LogP contribution < -0.4 is 20.5 Å². The topological polar surface area (TPSA) is 125 Å². The van der Waals surface area contributed by atoms with Crippen molar-refractivity contribution in [2.24, 2.45) is 0 Å². The minimum Gasteiger partial charge on any atom is -0.490 e. The maximum Gasteiger partial charge on any atom is 0.260 e. The number of nitrogens with two attached hydrogens (primary N) is 1. The van der Waals surface area contributed by atoms with E-state index in [4.69, 9.17) is 15.2 Å². The third kappa shape index (κ3) is 3.36. The number of anilines is 1. The normalized spacial score (nSPS) is 15.3. The van der Waals surface area contributed by atoms with Crippen LogP contribution in [0.4, 0.5) is 10.3 Å². The molecule has 10 heteroatoms. The molecule has 0 saturated heterocycles. The first-order valence-corrected chi connectivity index (χ1v) is 9.10. The number of aryl methyl sites for hydroxylation is 1. The van der Waals surface area contributed by atoms with Crippen molar-refractivity contribution >= 4 is 11.9 Å². The van der Waals surface area contributed by atoms with E-state index in [0.29, 0.717) is 40.2 Å². The molecule has 0 radical (unpaired) electrons. The number of ether oxygens (including phenoxy) is 2. The standard InChI is InChI=1S/C20H19FN6O3/c1-9-16-14(26-20(22)24-9)7-13(25-18(16)28)11-5-4-10(21)6-12(11)17-23-8-15(29-2)19(27-17)30-3/h4-6,8,13H,7H2,1-3H3,(H,25,28)(H2,22,24,26)/t13-/m1/s1. The Morgan fingerprint density at radius 2 is 2.00 bits per heavy atom. The van der Waals surface area contributed by atoms with Crippen LogP contribution in [-0.2, 0) is 6.42 Å². The number of nitrogens with one attached hydrogen (secondary N) is 1. The molecule has 3 heterocycles. The fraction of sp³-hybridized carbons (Fsp3) is 0.250. The number of nitrogens with zero attached hydrogens (tertiary/aromatic N) is 4. The van der Waals surface area contributed by atoms with Crippen molar-refractivity contribution in [1.82, 2.24) is 25.3 Å². The summed E-state index contributed by atoms with van der Waals surface area (Å²) in [5.74, 6) is 0.121. The van der Waals surface area contributed by atoms with Crippen LogP contribution in [0.5, 0.6) is 11.6 Å². The molecule has 1 amide bonds. The maximum absolute atomic E-state index is 14.1. The van der Waals surface area contributed by atoms with Crippen LogP contribution in [0.15, 0.2) is 24.4 Å². The first-order valence-electron chi connectivity index (χ1n) is 9.10. The fourth-order valence-corrected chi connectivity index (χ4v) is 3.56. The molecular weight excluding hydrogens is 391 g/mol. The van der Waals surface area contributed by atoms with Gasteiger partial charge in [-0.2, -0.15) is 4.98 Å². The zero-order chi connectivity index (χ0) is 21.4. The van der Waals surface area contributed by atoms with Gasteiger partial charge in [-0.3, -0.25) is 4.79 Å². The van der Waals surface area contributed by atoms with E-state index in [-0.39, 0.29) is 23.6 Å². The lowest BCUT2D eigenvalue weighted by Crippen LogP contribution is -2.37. The molecule has 2 aromatic heterocycles. The van der Waals surface area contributed by atoms with Gasteiger partial charge in [-0.15, -0.1) is 0 Å². The predicted molar refractivity (Wildman–Crippen MR) is 106 cm³/mol. The Labute approximate surface area is 171 Å². The summed E-state index contributed by atoms with van der Waals surface area (Å²) in [5.41, 5.74) is 8.28. The Bertz CT molecular complexity index is 1150. The monoisotopic (exact) mass is 410 g/mol. The highest BCUT2D eigenvalue weighted by atomic mass is 19.1. The molecule has 0 unspecified atom stereocenters. The van der Waals surface area contributed by atoms with Gasteiger partial charge >= 0.3 is 0 Å². The number of benzene rings is 1. The molecule has 1 atom stereocenters. The molecule has 154 valence electrons. The molecule has 3 N–H and O–H groups in total. The fourth-order valence-electron chi connectivity index (χ4n) is 3.56. The van der Waals surface area contributed by atoms with E-state index in [0.717, 1.165) is 0 Å². The molecular formula is C20H19FN6O3. The number of aromatic nitrogens is 4. The number of hydrogen-bond acceptors (Lipinski definition) is 8. The number of carbonyl (C=O) groups is 1. The number of rotatable bonds is 4. The number of fused-ring (bicyclic) bond motifs is 1. The van der Waals surface area contributed by atoms with E-state index >= 15 is 0 Å². The number of amides is 1. The van der Waals surface area contributed by atoms with E-state index in [2.05, 4.69) is 25.3 Å². The van der Waals surface area contributed by atoms with Gasteiger partial charge in [-0.25, -0.2) is 19.3 Å². The number of halogens is 1. The lowest BCUT2D eigenvalue weighted by molar-refractivity contribution is 0.0922. The Hall–Kier alpha value is -3.82. The molecule has 0 fully saturated rings. The summed E-state index contributed by atoms with van der Waals surface area (Å²) in [5, 5.41) is 2.94. The van der Waals surface area contributed by atoms with Gasteiger partial charge in [0, 0.05) is 12.0 Å². The van der Waals surface area contributed by atoms with Gasteiger partial charge in [0.1, 0.15) is 5.82 Å². The van der Waals surface area contributed by atoms with Crippen LogP contribution in [0, 0.1) is 12.7 Å². The van der Waals surface area contributed by atoms with Gasteiger partial charge in [-0.05, 0) is 24.6 Å². The van der Waals surface area contributed by atoms with Gasteiger partial charge in [0.25, 0.3) is 11.8 Å². The summed E-state index contributed by atoms with van der Waals surface area (Å²) in [6.45, 7) is 1.71. The number of hydrogen-bond donors (Lipinski definition) is 2. The smallest absolute Gasteiger partial charge is 0.260 e. The lowest BCUT2D eigenvalue weighted by atomic mass is 9.91. The van der Waals surface area contributed by atoms with Crippen LogP contribution in [0.25, 0.3) is 11.4 Å². The van der Waals surface area contributed by atoms with Gasteiger partial charge in [-0.1, -0.05) is 6.07 Å². The highest BCUT2D eigenvalue weighted by molar-refractivity contribution is 5.98. The van der Waals surface area contributed by atoms with Crippen molar-refractivity contribution in [3.8, 4) is 23.0 Å². The van der Waals surface area contributed by atoms with Crippen LogP contribution in [0.3, 0.4) is 0 Å². The van der Waals surface area contributed by atoms with Crippen molar-refractivity contribution < 1.29 is 18.7 Å². The molecule has 30 heavy (non-hydrogen) atoms. The Kier molecular flexibility index (Phi) is 4.90. The van der Waals surface area contributed by atoms with E-state index in [9.17, 15) is 9.18 Å². The molecule has 1 aromatic carbocycles. The third-order valence-corrected chi connectivity index (χ3v) is 4.88. The number of methoxy groups -OCH3 is 2. The summed E-state index contributed by atoms with van der Waals surface area (Å²) < 4.78 is 24.5. The second kappa shape index (κ2) is 7.54. The minimum atomic E-state index is -0.481. The SMILES string of the molecule is COc1cnc(-c2cc(F)ccc2[C@H]2Cc3nc(N)nc(C)c3C(=O)N2)nc1OC. The highest BCUT2D eigenvalue weighted by Crippen LogP contribution is 2.34. The molecule has 0 bridgehead atoms. The molecule has 9 nitrogen and oxygen atoms in total. The second-order valence-electron chi connectivity index (χ2n) is 6.72. The van der Waals surface area contributed by atoms with Gasteiger partial charge in [0.05, 0.1) is 43.4 Å². The van der Waals surface area contributed by atoms with Crippen molar-refractivity contribution in [3.05, 3.63) is 52.7 Å². The first kappa shape index (κ1) is 19.5. The summed E-state index contributed by atoms with van der Waals surface area (Å²) in [6, 6.07) is 3.75. The number of carbonyl (C=O) groups excluding carboxylic acids is 1. The van der Waals surface area contributed by atoms with Gasteiger partial charge in [0.15, 0.2) is 11.6 Å². The molecule has 0 aliphatic carbocycles. The van der Waals surface area contributed by atoms with E-state index < -0.39 is 11.9 Å². The summed E-state index contributed by atoms with van der Waals surface area (Å²) in [4.78, 5) is 29.6. The number of nitrogen functional groups attached to an aromatic ring is 1. The zero-order valence-electron chi connectivity index (χ0n) is 16.6. The Balaban J connectivity index is 1.81. The molecule has 1 aliphatic rings. The minimum absolute atomic E-state index is 0.0993. The van der Waals surface area contributed by atoms with Crippen molar-refractivity contribution in [2.45, 2.75) is 19.4 Å². The van der Waals surface area contributed by atoms with Crippen molar-refractivity contribution in [3.63, 3.8) is 0 Å². The Morgan fingerprint density at radius 1 is 1.20 bits per heavy atom. The molecule has 1 aliphatic heterocycles. The first-order chi connectivity index (χ1) is 14.4. The van der Waals surface area contributed by atoms with Crippen LogP contribution in [0.2, 0.25) is 0 Å². The van der Waals surface area contributed by atoms with Gasteiger partial charge < -0.3 is 20.5 Å². The largest absolute Gasteiger partial charge is 0.490 e. The van der Waals surface area contributed by atoms with Gasteiger partial charge in [0.2, 0.25) is 5.95 Å². The van der Waals surface area contributed by atoms with E-state index in [1.807, 2.05) is 0 Å². The van der Waals surface area contributed by atoms with Crippen LogP contribution >= 0.6 is 0 Å². The average Bonchev–Trinajstić information content (AvgIpc) is 2.72. The lowest BCUT2D eigenvalue weighted by Gasteiger charge is -2.27. The molecule has 4 rings (SSSR count). The van der Waals surface area contributed by atoms with E-state index in [1.165, 1.54) is 32.5 Å². The highest BCUT2D eigenvalue weighted by Gasteiger charge is 2.31. The average molecular weight is 410 g/mol. The van der Waals surface area contributed by atoms with Crippen molar-refractivity contribution in [1.29, 1.82) is 0 Å². The van der Waals surface area contributed by atoms with Crippen molar-refractivity contribution in [2.75, 3.05) is 20.0 Å². The third-order valence-electron chi connectivity index (χ3n) is 4.88. The zero-order valence-corrected chi connectivity index (χ0v) is 16.6. The van der Waals surface area contributed by atoms with Crippen LogP contribution in [0.1, 0.15) is 33.4 Å².